The van der Waals surface area contributed by atoms with Gasteiger partial charge in [0, 0.05) is 18.2 Å². The van der Waals surface area contributed by atoms with Crippen LogP contribution in [0.1, 0.15) is 36.0 Å². The molecule has 114 valence electrons. The van der Waals surface area contributed by atoms with Gasteiger partial charge in [0.2, 0.25) is 0 Å². The summed E-state index contributed by atoms with van der Waals surface area (Å²) in [4.78, 5) is 21.7. The first-order valence-electron chi connectivity index (χ1n) is 6.95. The van der Waals surface area contributed by atoms with E-state index in [0.29, 0.717) is 5.75 Å². The van der Waals surface area contributed by atoms with E-state index >= 15 is 0 Å². The molecule has 1 fully saturated rings. The maximum absolute atomic E-state index is 11.5. The summed E-state index contributed by atoms with van der Waals surface area (Å²) in [5, 5.41) is 14.0. The molecule has 1 aromatic carbocycles. The lowest BCUT2D eigenvalue weighted by atomic mass is 9.92. The van der Waals surface area contributed by atoms with E-state index in [2.05, 4.69) is 5.32 Å². The molecule has 1 aliphatic rings. The van der Waals surface area contributed by atoms with Gasteiger partial charge in [0.15, 0.2) is 0 Å². The minimum atomic E-state index is -0.731. The first-order chi connectivity index (χ1) is 10.0. The molecule has 1 aliphatic carbocycles. The van der Waals surface area contributed by atoms with Gasteiger partial charge in [-0.25, -0.2) is 0 Å². The molecule has 1 saturated carbocycles. The Bertz CT molecular complexity index is 547. The minimum absolute atomic E-state index is 0.0460. The van der Waals surface area contributed by atoms with E-state index in [4.69, 9.17) is 10.5 Å². The van der Waals surface area contributed by atoms with Crippen molar-refractivity contribution >= 4 is 11.6 Å². The molecular weight excluding hydrogens is 274 g/mol. The molecular formula is C14H19N3O4. The van der Waals surface area contributed by atoms with Crippen LogP contribution in [0.5, 0.6) is 5.75 Å². The maximum atomic E-state index is 11.5. The van der Waals surface area contributed by atoms with Gasteiger partial charge in [-0.1, -0.05) is 6.42 Å². The van der Waals surface area contributed by atoms with E-state index in [1.54, 1.807) is 0 Å². The van der Waals surface area contributed by atoms with Gasteiger partial charge >= 0.3 is 0 Å². The highest BCUT2D eigenvalue weighted by Gasteiger charge is 2.27. The van der Waals surface area contributed by atoms with Crippen LogP contribution in [0.3, 0.4) is 0 Å². The molecule has 21 heavy (non-hydrogen) atoms. The van der Waals surface area contributed by atoms with Crippen LogP contribution in [0, 0.1) is 10.1 Å². The second-order valence-electron chi connectivity index (χ2n) is 5.14. The zero-order chi connectivity index (χ0) is 15.4. The molecule has 0 aromatic heterocycles. The summed E-state index contributed by atoms with van der Waals surface area (Å²) in [6.45, 7) is 0. The number of nitro benzene ring substituents is 1. The van der Waals surface area contributed by atoms with Crippen LogP contribution in [-0.2, 0) is 0 Å². The molecule has 2 rings (SSSR count). The molecule has 1 amide bonds. The van der Waals surface area contributed by atoms with Crippen molar-refractivity contribution in [3.05, 3.63) is 33.9 Å². The fourth-order valence-electron chi connectivity index (χ4n) is 2.66. The normalized spacial score (nSPS) is 21.8. The van der Waals surface area contributed by atoms with E-state index in [0.717, 1.165) is 31.7 Å². The lowest BCUT2D eigenvalue weighted by molar-refractivity contribution is -0.384. The largest absolute Gasteiger partial charge is 0.488 e. The van der Waals surface area contributed by atoms with Crippen LogP contribution in [0.25, 0.3) is 0 Å². The topological polar surface area (TPSA) is 107 Å². The smallest absolute Gasteiger partial charge is 0.270 e. The van der Waals surface area contributed by atoms with Crippen molar-refractivity contribution in [3.8, 4) is 5.75 Å². The van der Waals surface area contributed by atoms with Gasteiger partial charge in [0.1, 0.15) is 11.9 Å². The number of carbonyl (C=O) groups excluding carboxylic acids is 1. The number of amides is 1. The van der Waals surface area contributed by atoms with Crippen LogP contribution in [0.2, 0.25) is 0 Å². The standard InChI is InChI=1S/C14H19N3O4/c1-16-11-4-2-3-5-13(11)21-12-7-6-9(17(19)20)8-10(12)14(15)18/h6-8,11,13,16H,2-5H2,1H3,(H2,15,18). The summed E-state index contributed by atoms with van der Waals surface area (Å²) in [6.07, 6.45) is 4.00. The number of ether oxygens (including phenoxy) is 1. The number of carbonyl (C=O) groups is 1. The molecule has 1 aromatic rings. The van der Waals surface area contributed by atoms with Crippen LogP contribution >= 0.6 is 0 Å². The molecule has 0 saturated heterocycles. The molecule has 3 N–H and O–H groups in total. The zero-order valence-electron chi connectivity index (χ0n) is 11.9. The Morgan fingerprint density at radius 3 is 2.76 bits per heavy atom. The Hall–Kier alpha value is -2.15. The molecule has 2 unspecified atom stereocenters. The number of nitrogens with zero attached hydrogens (tertiary/aromatic N) is 1. The summed E-state index contributed by atoms with van der Waals surface area (Å²) >= 11 is 0. The van der Waals surface area contributed by atoms with Gasteiger partial charge in [-0.15, -0.1) is 0 Å². The number of nitro groups is 1. The van der Waals surface area contributed by atoms with Gasteiger partial charge < -0.3 is 15.8 Å². The second kappa shape index (κ2) is 6.53. The Kier molecular flexibility index (Phi) is 4.74. The highest BCUT2D eigenvalue weighted by Crippen LogP contribution is 2.28. The van der Waals surface area contributed by atoms with Crippen molar-refractivity contribution in [1.29, 1.82) is 0 Å². The van der Waals surface area contributed by atoms with Crippen LogP contribution in [-0.4, -0.2) is 30.0 Å². The lowest BCUT2D eigenvalue weighted by Gasteiger charge is -2.32. The van der Waals surface area contributed by atoms with E-state index in [1.807, 2.05) is 7.05 Å². The number of non-ortho nitro benzene ring substituents is 1. The van der Waals surface area contributed by atoms with Crippen molar-refractivity contribution in [2.45, 2.75) is 37.8 Å². The number of primary amides is 1. The van der Waals surface area contributed by atoms with Crippen molar-refractivity contribution < 1.29 is 14.5 Å². The van der Waals surface area contributed by atoms with Gasteiger partial charge in [0.05, 0.1) is 10.5 Å². The average Bonchev–Trinajstić information content (AvgIpc) is 2.47. The van der Waals surface area contributed by atoms with Gasteiger partial charge in [-0.2, -0.15) is 0 Å². The summed E-state index contributed by atoms with van der Waals surface area (Å²) < 4.78 is 5.90. The maximum Gasteiger partial charge on any atom is 0.270 e. The first kappa shape index (κ1) is 15.2. The highest BCUT2D eigenvalue weighted by atomic mass is 16.6. The minimum Gasteiger partial charge on any atom is -0.488 e. The van der Waals surface area contributed by atoms with Crippen molar-refractivity contribution in [1.82, 2.24) is 5.32 Å². The number of rotatable bonds is 5. The Morgan fingerprint density at radius 2 is 2.14 bits per heavy atom. The van der Waals surface area contributed by atoms with E-state index in [-0.39, 0.29) is 23.4 Å². The van der Waals surface area contributed by atoms with E-state index in [1.165, 1.54) is 12.1 Å². The molecule has 0 radical (unpaired) electrons. The van der Waals surface area contributed by atoms with Crippen molar-refractivity contribution in [2.24, 2.45) is 5.73 Å². The number of likely N-dealkylation sites (N-methyl/N-ethyl adjacent to an activating group) is 1. The first-order valence-corrected chi connectivity index (χ1v) is 6.95. The predicted molar refractivity (Wildman–Crippen MR) is 77.3 cm³/mol. The van der Waals surface area contributed by atoms with Crippen molar-refractivity contribution in [3.63, 3.8) is 0 Å². The van der Waals surface area contributed by atoms with Gasteiger partial charge in [-0.3, -0.25) is 14.9 Å². The molecule has 7 nitrogen and oxygen atoms in total. The van der Waals surface area contributed by atoms with E-state index < -0.39 is 10.8 Å². The molecule has 0 heterocycles. The number of nitrogens with two attached hydrogens (primary N) is 1. The van der Waals surface area contributed by atoms with Crippen LogP contribution < -0.4 is 15.8 Å². The Labute approximate surface area is 122 Å². The quantitative estimate of drug-likeness (QED) is 0.633. The Balaban J connectivity index is 2.26. The Morgan fingerprint density at radius 1 is 1.43 bits per heavy atom. The van der Waals surface area contributed by atoms with Crippen LogP contribution in [0.4, 0.5) is 5.69 Å². The third-order valence-electron chi connectivity index (χ3n) is 3.79. The van der Waals surface area contributed by atoms with Gasteiger partial charge in [0.25, 0.3) is 11.6 Å². The third kappa shape index (κ3) is 3.49. The van der Waals surface area contributed by atoms with E-state index in [9.17, 15) is 14.9 Å². The fourth-order valence-corrected chi connectivity index (χ4v) is 2.66. The third-order valence-corrected chi connectivity index (χ3v) is 3.79. The fraction of sp³-hybridized carbons (Fsp3) is 0.500. The number of hydrogen-bond acceptors (Lipinski definition) is 5. The van der Waals surface area contributed by atoms with Gasteiger partial charge in [-0.05, 0) is 32.4 Å². The SMILES string of the molecule is CNC1CCCCC1Oc1ccc([N+](=O)[O-])cc1C(N)=O. The zero-order valence-corrected chi connectivity index (χ0v) is 11.9. The number of hydrogen-bond donors (Lipinski definition) is 2. The summed E-state index contributed by atoms with van der Waals surface area (Å²) in [7, 11) is 1.87. The number of nitrogens with one attached hydrogen (secondary N) is 1. The molecule has 0 aliphatic heterocycles. The predicted octanol–water partition coefficient (Wildman–Crippen LogP) is 1.60. The molecule has 0 spiro atoms. The average molecular weight is 293 g/mol. The highest BCUT2D eigenvalue weighted by molar-refractivity contribution is 5.96. The monoisotopic (exact) mass is 293 g/mol. The molecule has 0 bridgehead atoms. The number of benzene rings is 1. The summed E-state index contributed by atoms with van der Waals surface area (Å²) in [5.74, 6) is -0.425. The lowest BCUT2D eigenvalue weighted by Crippen LogP contribution is -2.43. The second-order valence-corrected chi connectivity index (χ2v) is 5.14. The summed E-state index contributed by atoms with van der Waals surface area (Å²) in [6, 6.07) is 4.13. The summed E-state index contributed by atoms with van der Waals surface area (Å²) in [5.41, 5.74) is 5.17. The van der Waals surface area contributed by atoms with Crippen molar-refractivity contribution in [2.75, 3.05) is 7.05 Å². The molecule has 7 heteroatoms. The van der Waals surface area contributed by atoms with Crippen LogP contribution in [0.15, 0.2) is 18.2 Å². The molecule has 2 atom stereocenters.